The number of nitriles is 1. The summed E-state index contributed by atoms with van der Waals surface area (Å²) in [5.74, 6) is 1.34. The molecular weight excluding hydrogens is 270 g/mol. The Morgan fingerprint density at radius 3 is 2.50 bits per heavy atom. The van der Waals surface area contributed by atoms with Gasteiger partial charge in [0, 0.05) is 0 Å². The molecule has 1 aromatic carbocycles. The molecule has 0 saturated heterocycles. The largest absolute Gasteiger partial charge is 0.299 e. The van der Waals surface area contributed by atoms with Gasteiger partial charge in [-0.25, -0.2) is 0 Å². The second-order valence-electron chi connectivity index (χ2n) is 6.07. The van der Waals surface area contributed by atoms with Gasteiger partial charge >= 0.3 is 0 Å². The van der Waals surface area contributed by atoms with E-state index in [1.165, 1.54) is 37.7 Å². The molecular formula is C20H23NO. The van der Waals surface area contributed by atoms with Gasteiger partial charge in [-0.2, -0.15) is 5.26 Å². The summed E-state index contributed by atoms with van der Waals surface area (Å²) in [7, 11) is 0. The Bertz CT molecular complexity index is 569. The summed E-state index contributed by atoms with van der Waals surface area (Å²) in [4.78, 5) is 10.2. The molecule has 2 nitrogen and oxygen atoms in total. The molecule has 1 aromatic rings. The number of hydrogen-bond donors (Lipinski definition) is 0. The van der Waals surface area contributed by atoms with Crippen LogP contribution in [0, 0.1) is 23.2 Å². The maximum absolute atomic E-state index is 10.2. The van der Waals surface area contributed by atoms with Crippen molar-refractivity contribution < 1.29 is 4.79 Å². The van der Waals surface area contributed by atoms with Gasteiger partial charge in [-0.05, 0) is 79.7 Å². The van der Waals surface area contributed by atoms with Gasteiger partial charge in [-0.1, -0.05) is 24.8 Å². The predicted molar refractivity (Wildman–Crippen MR) is 90.1 cm³/mol. The predicted octanol–water partition coefficient (Wildman–Crippen LogP) is 4.91. The Balaban J connectivity index is 1.83. The Hall–Kier alpha value is -2.14. The molecule has 1 saturated carbocycles. The maximum Gasteiger partial charge on any atom is 0.142 e. The van der Waals surface area contributed by atoms with Crippen LogP contribution in [0.25, 0.3) is 5.57 Å². The van der Waals surface area contributed by atoms with E-state index < -0.39 is 0 Å². The average Bonchev–Trinajstić information content (AvgIpc) is 2.59. The van der Waals surface area contributed by atoms with Gasteiger partial charge in [0.05, 0.1) is 11.6 Å². The Kier molecular flexibility index (Phi) is 6.15. The van der Waals surface area contributed by atoms with Crippen LogP contribution in [0.4, 0.5) is 0 Å². The molecule has 2 heteroatoms. The zero-order valence-corrected chi connectivity index (χ0v) is 13.0. The third-order valence-corrected chi connectivity index (χ3v) is 4.68. The molecule has 1 aliphatic rings. The number of hydrogen-bond acceptors (Lipinski definition) is 2. The number of rotatable bonds is 6. The lowest BCUT2D eigenvalue weighted by Gasteiger charge is -2.29. The number of carbonyl (C=O) groups is 1. The van der Waals surface area contributed by atoms with Crippen LogP contribution >= 0.6 is 0 Å². The van der Waals surface area contributed by atoms with Crippen molar-refractivity contribution in [3.63, 3.8) is 0 Å². The Morgan fingerprint density at radius 2 is 1.91 bits per heavy atom. The lowest BCUT2D eigenvalue weighted by Crippen LogP contribution is -2.15. The van der Waals surface area contributed by atoms with Crippen LogP contribution in [0.2, 0.25) is 0 Å². The quantitative estimate of drug-likeness (QED) is 0.552. The highest BCUT2D eigenvalue weighted by Gasteiger charge is 2.23. The first kappa shape index (κ1) is 16.2. The summed E-state index contributed by atoms with van der Waals surface area (Å²) < 4.78 is 0. The van der Waals surface area contributed by atoms with Gasteiger partial charge < -0.3 is 0 Å². The fourth-order valence-electron chi connectivity index (χ4n) is 3.28. The fourth-order valence-corrected chi connectivity index (χ4v) is 3.28. The molecule has 0 unspecified atom stereocenters. The molecule has 0 N–H and O–H groups in total. The van der Waals surface area contributed by atoms with Gasteiger partial charge in [0.1, 0.15) is 6.29 Å². The summed E-state index contributed by atoms with van der Waals surface area (Å²) in [6.07, 6.45) is 11.5. The van der Waals surface area contributed by atoms with Gasteiger partial charge in [0.15, 0.2) is 0 Å². The summed E-state index contributed by atoms with van der Waals surface area (Å²) >= 11 is 0. The number of allylic oxidation sites excluding steroid dienone is 3. The molecule has 0 aliphatic heterocycles. The Morgan fingerprint density at radius 1 is 1.23 bits per heavy atom. The topological polar surface area (TPSA) is 40.9 Å². The highest BCUT2D eigenvalue weighted by Crippen LogP contribution is 2.38. The minimum Gasteiger partial charge on any atom is -0.299 e. The molecule has 0 amide bonds. The number of aldehydes is 1. The first-order valence-electron chi connectivity index (χ1n) is 8.04. The van der Waals surface area contributed by atoms with E-state index in [1.54, 1.807) is 6.08 Å². The molecule has 0 aromatic heterocycles. The van der Waals surface area contributed by atoms with E-state index in [2.05, 4.69) is 12.6 Å². The van der Waals surface area contributed by atoms with Crippen molar-refractivity contribution in [2.45, 2.75) is 38.5 Å². The third kappa shape index (κ3) is 4.43. The van der Waals surface area contributed by atoms with Crippen molar-refractivity contribution in [2.75, 3.05) is 0 Å². The standard InChI is InChI=1S/C20H23NO/c1-16(20-12-8-18(15-21)9-13-20)19-10-6-17(7-11-19)5-3-2-4-14-22/h2,4,8-9,12-14,17,19H,1,3,5-7,10-11H2/b4-2+. The smallest absolute Gasteiger partial charge is 0.142 e. The molecule has 114 valence electrons. The van der Waals surface area contributed by atoms with Gasteiger partial charge in [0.25, 0.3) is 0 Å². The molecule has 22 heavy (non-hydrogen) atoms. The minimum absolute atomic E-state index is 0.565. The molecule has 1 fully saturated rings. The van der Waals surface area contributed by atoms with E-state index in [0.717, 1.165) is 24.2 Å². The molecule has 0 heterocycles. The monoisotopic (exact) mass is 293 g/mol. The SMILES string of the molecule is C=C(c1ccc(C#N)cc1)C1CCC(CC/C=C/C=O)CC1. The summed E-state index contributed by atoms with van der Waals surface area (Å²) in [5, 5.41) is 8.85. The average molecular weight is 293 g/mol. The van der Waals surface area contributed by atoms with Gasteiger partial charge in [-0.15, -0.1) is 0 Å². The van der Waals surface area contributed by atoms with Crippen molar-refractivity contribution >= 4 is 11.9 Å². The fraction of sp³-hybridized carbons (Fsp3) is 0.400. The molecule has 0 radical (unpaired) electrons. The van der Waals surface area contributed by atoms with E-state index in [-0.39, 0.29) is 0 Å². The zero-order chi connectivity index (χ0) is 15.8. The third-order valence-electron chi connectivity index (χ3n) is 4.68. The maximum atomic E-state index is 10.2. The van der Waals surface area contributed by atoms with Crippen LogP contribution in [0.1, 0.15) is 49.7 Å². The van der Waals surface area contributed by atoms with Crippen LogP contribution in [-0.4, -0.2) is 6.29 Å². The number of carbonyl (C=O) groups excluding carboxylic acids is 1. The molecule has 2 rings (SSSR count). The lowest BCUT2D eigenvalue weighted by molar-refractivity contribution is -0.104. The van der Waals surface area contributed by atoms with Crippen molar-refractivity contribution in [1.29, 1.82) is 5.26 Å². The van der Waals surface area contributed by atoms with Crippen LogP contribution < -0.4 is 0 Å². The van der Waals surface area contributed by atoms with Crippen molar-refractivity contribution in [1.82, 2.24) is 0 Å². The molecule has 1 aliphatic carbocycles. The van der Waals surface area contributed by atoms with Crippen LogP contribution in [0.15, 0.2) is 43.0 Å². The molecule has 0 atom stereocenters. The second-order valence-corrected chi connectivity index (χ2v) is 6.07. The van der Waals surface area contributed by atoms with Crippen molar-refractivity contribution in [2.24, 2.45) is 11.8 Å². The summed E-state index contributed by atoms with van der Waals surface area (Å²) in [6.45, 7) is 4.28. The normalized spacial score (nSPS) is 21.4. The van der Waals surface area contributed by atoms with E-state index >= 15 is 0 Å². The van der Waals surface area contributed by atoms with E-state index in [1.807, 2.05) is 30.3 Å². The molecule has 0 spiro atoms. The minimum atomic E-state index is 0.565. The van der Waals surface area contributed by atoms with Crippen LogP contribution in [0.3, 0.4) is 0 Å². The number of nitrogens with zero attached hydrogens (tertiary/aromatic N) is 1. The van der Waals surface area contributed by atoms with Gasteiger partial charge in [-0.3, -0.25) is 4.79 Å². The van der Waals surface area contributed by atoms with Crippen LogP contribution in [-0.2, 0) is 4.79 Å². The van der Waals surface area contributed by atoms with Crippen LogP contribution in [0.5, 0.6) is 0 Å². The Labute approximate surface area is 133 Å². The first-order valence-corrected chi connectivity index (χ1v) is 8.04. The van der Waals surface area contributed by atoms with E-state index in [4.69, 9.17) is 5.26 Å². The second kappa shape index (κ2) is 8.34. The van der Waals surface area contributed by atoms with Crippen molar-refractivity contribution in [3.8, 4) is 6.07 Å². The zero-order valence-electron chi connectivity index (χ0n) is 13.0. The lowest BCUT2D eigenvalue weighted by atomic mass is 9.76. The highest BCUT2D eigenvalue weighted by atomic mass is 16.1. The van der Waals surface area contributed by atoms with Crippen molar-refractivity contribution in [3.05, 3.63) is 54.1 Å². The molecule has 0 bridgehead atoms. The first-order chi connectivity index (χ1) is 10.7. The summed E-state index contributed by atoms with van der Waals surface area (Å²) in [5.41, 5.74) is 3.07. The van der Waals surface area contributed by atoms with Gasteiger partial charge in [0.2, 0.25) is 0 Å². The van der Waals surface area contributed by atoms with E-state index in [0.29, 0.717) is 11.5 Å². The summed E-state index contributed by atoms with van der Waals surface area (Å²) in [6, 6.07) is 9.91. The number of benzene rings is 1. The highest BCUT2D eigenvalue weighted by molar-refractivity contribution is 5.66. The van der Waals surface area contributed by atoms with E-state index in [9.17, 15) is 4.79 Å².